The second kappa shape index (κ2) is 3.50. The van der Waals surface area contributed by atoms with Gasteiger partial charge in [0.15, 0.2) is 0 Å². The molecule has 0 spiro atoms. The normalized spacial score (nSPS) is 12.8. The fraction of sp³-hybridized carbons (Fsp3) is 0. The monoisotopic (exact) mass is 324 g/mol. The highest BCUT2D eigenvalue weighted by atomic mass is 32.1. The third-order valence-corrected chi connectivity index (χ3v) is 6.78. The van der Waals surface area contributed by atoms with E-state index >= 15 is 0 Å². The Hall–Kier alpha value is -1.82. The zero-order chi connectivity index (χ0) is 13.6. The van der Waals surface area contributed by atoms with Crippen molar-refractivity contribution < 1.29 is 0 Å². The summed E-state index contributed by atoms with van der Waals surface area (Å²) in [5.74, 6) is 0. The molecule has 0 fully saturated rings. The van der Waals surface area contributed by atoms with Gasteiger partial charge in [0.2, 0.25) is 0 Å². The van der Waals surface area contributed by atoms with Crippen molar-refractivity contribution in [3.63, 3.8) is 0 Å². The van der Waals surface area contributed by atoms with Gasteiger partial charge in [-0.05, 0) is 33.7 Å². The van der Waals surface area contributed by atoms with E-state index < -0.39 is 0 Å². The maximum absolute atomic E-state index is 3.63. The Morgan fingerprint density at radius 1 is 0.762 bits per heavy atom. The Labute approximate surface area is 130 Å². The van der Waals surface area contributed by atoms with Gasteiger partial charge in [0.05, 0.1) is 21.3 Å². The number of hydrogen-bond acceptors (Lipinski definition) is 3. The van der Waals surface area contributed by atoms with Crippen molar-refractivity contribution in [1.29, 1.82) is 0 Å². The Morgan fingerprint density at radius 2 is 1.57 bits per heavy atom. The van der Waals surface area contributed by atoms with Gasteiger partial charge in [-0.2, -0.15) is 11.3 Å². The molecule has 6 aromatic rings. The van der Waals surface area contributed by atoms with Gasteiger partial charge in [-0.3, -0.25) is 0 Å². The third kappa shape index (κ3) is 1.16. The summed E-state index contributed by atoms with van der Waals surface area (Å²) in [7, 11) is 0. The minimum absolute atomic E-state index is 1.24. The molecule has 2 N–H and O–H groups in total. The zero-order valence-corrected chi connectivity index (χ0v) is 13.1. The van der Waals surface area contributed by atoms with E-state index in [2.05, 4.69) is 43.6 Å². The van der Waals surface area contributed by atoms with E-state index in [0.29, 0.717) is 0 Å². The van der Waals surface area contributed by atoms with Gasteiger partial charge in [0.1, 0.15) is 4.83 Å². The number of H-pyrrole nitrogens is 2. The van der Waals surface area contributed by atoms with Crippen LogP contribution in [0.5, 0.6) is 0 Å². The quantitative estimate of drug-likeness (QED) is 0.329. The van der Waals surface area contributed by atoms with Crippen molar-refractivity contribution in [3.8, 4) is 0 Å². The number of aromatic nitrogens is 2. The molecule has 5 heteroatoms. The lowest BCUT2D eigenvalue weighted by atomic mass is 10.1. The molecule has 0 atom stereocenters. The first-order chi connectivity index (χ1) is 10.4. The Kier molecular flexibility index (Phi) is 1.80. The lowest BCUT2D eigenvalue weighted by molar-refractivity contribution is 1.54. The fourth-order valence-electron chi connectivity index (χ4n) is 3.42. The molecule has 0 bridgehead atoms. The molecule has 0 aliphatic carbocycles. The first kappa shape index (κ1) is 10.8. The highest BCUT2D eigenvalue weighted by Gasteiger charge is 2.18. The molecule has 1 aromatic carbocycles. The summed E-state index contributed by atoms with van der Waals surface area (Å²) in [6.45, 7) is 0. The molecule has 0 amide bonds. The van der Waals surface area contributed by atoms with Crippen LogP contribution in [-0.2, 0) is 0 Å². The molecule has 21 heavy (non-hydrogen) atoms. The van der Waals surface area contributed by atoms with E-state index in [1.165, 1.54) is 53.0 Å². The Bertz CT molecular complexity index is 1190. The van der Waals surface area contributed by atoms with Crippen LogP contribution in [0.15, 0.2) is 33.7 Å². The van der Waals surface area contributed by atoms with Crippen LogP contribution in [0.3, 0.4) is 0 Å². The van der Waals surface area contributed by atoms with E-state index in [4.69, 9.17) is 0 Å². The van der Waals surface area contributed by atoms with Crippen molar-refractivity contribution >= 4 is 87.0 Å². The molecule has 6 rings (SSSR count). The van der Waals surface area contributed by atoms with E-state index in [0.717, 1.165) is 0 Å². The van der Waals surface area contributed by atoms with Gasteiger partial charge < -0.3 is 9.97 Å². The standard InChI is InChI=1S/C16H8N2S3/c1-3-21-16-7(1)11-8-5-19-6-9(8)12-14(13(11)18-16)17-10-2-4-20-15(10)12/h1-6,17-18H. The first-order valence-corrected chi connectivity index (χ1v) is 9.37. The molecule has 100 valence electrons. The Balaban J connectivity index is 2.12. The molecule has 0 unspecified atom stereocenters. The van der Waals surface area contributed by atoms with Gasteiger partial charge in [-0.15, -0.1) is 22.7 Å². The molecular formula is C16H8N2S3. The van der Waals surface area contributed by atoms with Crippen molar-refractivity contribution in [2.45, 2.75) is 0 Å². The Morgan fingerprint density at radius 3 is 2.52 bits per heavy atom. The SMILES string of the molecule is c1cc2c([nH]c3c4[nH]c5ccsc5c4c4cscc4c23)s1. The predicted octanol–water partition coefficient (Wildman–Crippen LogP) is 6.29. The maximum Gasteiger partial charge on any atom is 0.101 e. The summed E-state index contributed by atoms with van der Waals surface area (Å²) in [6, 6.07) is 4.41. The largest absolute Gasteiger partial charge is 0.352 e. The van der Waals surface area contributed by atoms with E-state index in [1.54, 1.807) is 22.7 Å². The van der Waals surface area contributed by atoms with Crippen molar-refractivity contribution in [2.24, 2.45) is 0 Å². The van der Waals surface area contributed by atoms with E-state index in [9.17, 15) is 0 Å². The molecule has 5 aromatic heterocycles. The summed E-state index contributed by atoms with van der Waals surface area (Å²) < 4.78 is 1.37. The number of thiophene rings is 3. The van der Waals surface area contributed by atoms with Crippen molar-refractivity contribution in [1.82, 2.24) is 9.97 Å². The van der Waals surface area contributed by atoms with Crippen LogP contribution in [0.1, 0.15) is 0 Å². The zero-order valence-electron chi connectivity index (χ0n) is 10.7. The van der Waals surface area contributed by atoms with Gasteiger partial charge in [0, 0.05) is 26.9 Å². The van der Waals surface area contributed by atoms with Gasteiger partial charge >= 0.3 is 0 Å². The highest BCUT2D eigenvalue weighted by molar-refractivity contribution is 7.18. The van der Waals surface area contributed by atoms with Crippen LogP contribution in [0, 0.1) is 0 Å². The van der Waals surface area contributed by atoms with Crippen LogP contribution in [0.2, 0.25) is 0 Å². The molecular weight excluding hydrogens is 316 g/mol. The van der Waals surface area contributed by atoms with E-state index in [-0.39, 0.29) is 0 Å². The van der Waals surface area contributed by atoms with Crippen LogP contribution >= 0.6 is 34.0 Å². The lowest BCUT2D eigenvalue weighted by Crippen LogP contribution is -1.75. The molecule has 0 aliphatic rings. The minimum atomic E-state index is 1.24. The highest BCUT2D eigenvalue weighted by Crippen LogP contribution is 2.44. The smallest absolute Gasteiger partial charge is 0.101 e. The average Bonchev–Trinajstić information content (AvgIpc) is 3.22. The molecule has 2 nitrogen and oxygen atoms in total. The summed E-state index contributed by atoms with van der Waals surface area (Å²) in [4.78, 5) is 8.52. The lowest BCUT2D eigenvalue weighted by Gasteiger charge is -1.99. The molecule has 0 saturated carbocycles. The van der Waals surface area contributed by atoms with Crippen LogP contribution in [0.4, 0.5) is 0 Å². The number of nitrogens with one attached hydrogen (secondary N) is 2. The predicted molar refractivity (Wildman–Crippen MR) is 96.3 cm³/mol. The van der Waals surface area contributed by atoms with Gasteiger partial charge in [0.25, 0.3) is 0 Å². The minimum Gasteiger partial charge on any atom is -0.352 e. The second-order valence-corrected chi connectivity index (χ2v) is 7.85. The molecule has 0 radical (unpaired) electrons. The molecule has 5 heterocycles. The van der Waals surface area contributed by atoms with Crippen LogP contribution in [-0.4, -0.2) is 9.97 Å². The van der Waals surface area contributed by atoms with E-state index in [1.807, 2.05) is 11.3 Å². The fourth-order valence-corrected chi connectivity index (χ4v) is 5.97. The van der Waals surface area contributed by atoms with Crippen LogP contribution < -0.4 is 0 Å². The second-order valence-electron chi connectivity index (χ2n) is 5.28. The van der Waals surface area contributed by atoms with Crippen molar-refractivity contribution in [3.05, 3.63) is 33.7 Å². The summed E-state index contributed by atoms with van der Waals surface area (Å²) in [6.07, 6.45) is 0. The topological polar surface area (TPSA) is 31.6 Å². The number of rotatable bonds is 0. The summed E-state index contributed by atoms with van der Waals surface area (Å²) in [5, 5.41) is 15.7. The number of fused-ring (bicyclic) bond motifs is 10. The van der Waals surface area contributed by atoms with Gasteiger partial charge in [-0.1, -0.05) is 0 Å². The summed E-state index contributed by atoms with van der Waals surface area (Å²) in [5.41, 5.74) is 3.75. The van der Waals surface area contributed by atoms with Crippen molar-refractivity contribution in [2.75, 3.05) is 0 Å². The maximum atomic E-state index is 3.63. The number of aromatic amines is 2. The number of hydrogen-bond donors (Lipinski definition) is 2. The molecule has 0 saturated heterocycles. The number of benzene rings is 1. The van der Waals surface area contributed by atoms with Crippen LogP contribution in [0.25, 0.3) is 53.0 Å². The summed E-state index contributed by atoms with van der Waals surface area (Å²) >= 11 is 5.39. The average molecular weight is 324 g/mol. The third-order valence-electron chi connectivity index (χ3n) is 4.28. The van der Waals surface area contributed by atoms with Gasteiger partial charge in [-0.25, -0.2) is 0 Å². The first-order valence-electron chi connectivity index (χ1n) is 6.67. The molecule has 0 aliphatic heterocycles.